The molecule has 0 fully saturated rings. The Labute approximate surface area is 149 Å². The van der Waals surface area contributed by atoms with Gasteiger partial charge in [0.1, 0.15) is 11.4 Å². The number of rotatable bonds is 5. The van der Waals surface area contributed by atoms with Crippen LogP contribution in [0.15, 0.2) is 51.8 Å². The summed E-state index contributed by atoms with van der Waals surface area (Å²) in [6.45, 7) is 3.60. The number of hydrogen-bond donors (Lipinski definition) is 1. The van der Waals surface area contributed by atoms with Gasteiger partial charge in [-0.05, 0) is 56.3 Å². The van der Waals surface area contributed by atoms with E-state index >= 15 is 0 Å². The molecule has 1 aromatic heterocycles. The molecule has 26 heavy (non-hydrogen) atoms. The van der Waals surface area contributed by atoms with Crippen molar-refractivity contribution in [1.82, 2.24) is 0 Å². The van der Waals surface area contributed by atoms with Crippen LogP contribution < -0.4 is 4.72 Å². The molecule has 0 atom stereocenters. The van der Waals surface area contributed by atoms with E-state index in [-0.39, 0.29) is 17.3 Å². The van der Waals surface area contributed by atoms with Crippen molar-refractivity contribution in [1.29, 1.82) is 0 Å². The molecule has 3 aromatic rings. The lowest BCUT2D eigenvalue weighted by molar-refractivity contribution is 0.0491. The number of aryl methyl sites for hydroxylation is 1. The molecule has 136 valence electrons. The first-order valence-electron chi connectivity index (χ1n) is 7.80. The van der Waals surface area contributed by atoms with E-state index in [9.17, 15) is 17.6 Å². The molecule has 0 aliphatic rings. The fraction of sp³-hybridized carbons (Fsp3) is 0.167. The Morgan fingerprint density at radius 2 is 1.88 bits per heavy atom. The van der Waals surface area contributed by atoms with Crippen molar-refractivity contribution in [3.8, 4) is 0 Å². The second-order valence-electron chi connectivity index (χ2n) is 5.55. The van der Waals surface area contributed by atoms with E-state index in [1.165, 1.54) is 18.2 Å². The molecule has 0 bridgehead atoms. The van der Waals surface area contributed by atoms with E-state index in [0.717, 1.165) is 12.1 Å². The highest BCUT2D eigenvalue weighted by Crippen LogP contribution is 2.29. The Morgan fingerprint density at radius 3 is 2.54 bits per heavy atom. The van der Waals surface area contributed by atoms with Gasteiger partial charge in [0.15, 0.2) is 0 Å². The van der Waals surface area contributed by atoms with Crippen molar-refractivity contribution in [3.05, 3.63) is 59.6 Å². The summed E-state index contributed by atoms with van der Waals surface area (Å²) < 4.78 is 50.7. The first-order chi connectivity index (χ1) is 12.3. The third kappa shape index (κ3) is 3.41. The van der Waals surface area contributed by atoms with E-state index in [0.29, 0.717) is 22.2 Å². The van der Waals surface area contributed by atoms with Crippen LogP contribution in [0.5, 0.6) is 0 Å². The Balaban J connectivity index is 1.95. The van der Waals surface area contributed by atoms with E-state index in [2.05, 4.69) is 4.72 Å². The lowest BCUT2D eigenvalue weighted by Crippen LogP contribution is -2.12. The van der Waals surface area contributed by atoms with Gasteiger partial charge in [-0.15, -0.1) is 0 Å². The third-order valence-electron chi connectivity index (χ3n) is 3.77. The van der Waals surface area contributed by atoms with E-state index in [1.807, 2.05) is 0 Å². The van der Waals surface area contributed by atoms with Gasteiger partial charge in [-0.25, -0.2) is 17.6 Å². The van der Waals surface area contributed by atoms with Crippen molar-refractivity contribution in [2.75, 3.05) is 11.3 Å². The van der Waals surface area contributed by atoms with Crippen molar-refractivity contribution in [2.45, 2.75) is 18.7 Å². The van der Waals surface area contributed by atoms with Crippen molar-refractivity contribution in [3.63, 3.8) is 0 Å². The first kappa shape index (κ1) is 17.9. The zero-order valence-corrected chi connectivity index (χ0v) is 14.9. The second kappa shape index (κ2) is 6.80. The minimum Gasteiger partial charge on any atom is -0.460 e. The van der Waals surface area contributed by atoms with Crippen molar-refractivity contribution in [2.24, 2.45) is 0 Å². The smallest absolute Gasteiger partial charge is 0.374 e. The average Bonchev–Trinajstić information content (AvgIpc) is 2.92. The minimum atomic E-state index is -3.87. The standard InChI is InChI=1S/C18H16FNO5S/c1-3-24-18(21)17-11(2)15-10-13(6-9-16(15)25-17)20-26(22,23)14-7-4-12(19)5-8-14/h4-10,20H,3H2,1-2H3. The highest BCUT2D eigenvalue weighted by molar-refractivity contribution is 7.92. The topological polar surface area (TPSA) is 85.6 Å². The number of anilines is 1. The summed E-state index contributed by atoms with van der Waals surface area (Å²) in [6, 6.07) is 9.15. The summed E-state index contributed by atoms with van der Waals surface area (Å²) in [5.74, 6) is -1.01. The number of furan rings is 1. The number of carbonyl (C=O) groups is 1. The Kier molecular flexibility index (Phi) is 4.69. The van der Waals surface area contributed by atoms with Gasteiger partial charge < -0.3 is 9.15 Å². The molecule has 3 rings (SSSR count). The molecule has 1 N–H and O–H groups in total. The van der Waals surface area contributed by atoms with E-state index in [1.54, 1.807) is 26.0 Å². The highest BCUT2D eigenvalue weighted by atomic mass is 32.2. The lowest BCUT2D eigenvalue weighted by Gasteiger charge is -2.08. The second-order valence-corrected chi connectivity index (χ2v) is 7.23. The van der Waals surface area contributed by atoms with Crippen LogP contribution in [0, 0.1) is 12.7 Å². The molecule has 0 aliphatic carbocycles. The minimum absolute atomic E-state index is 0.0601. The zero-order valence-electron chi connectivity index (χ0n) is 14.1. The van der Waals surface area contributed by atoms with Crippen molar-refractivity contribution >= 4 is 32.6 Å². The first-order valence-corrected chi connectivity index (χ1v) is 9.29. The maximum Gasteiger partial charge on any atom is 0.374 e. The molecule has 0 radical (unpaired) electrons. The monoisotopic (exact) mass is 377 g/mol. The van der Waals surface area contributed by atoms with Crippen LogP contribution in [-0.2, 0) is 14.8 Å². The Bertz CT molecular complexity index is 1070. The summed E-state index contributed by atoms with van der Waals surface area (Å²) >= 11 is 0. The number of nitrogens with one attached hydrogen (secondary N) is 1. The SMILES string of the molecule is CCOC(=O)c1oc2ccc(NS(=O)(=O)c3ccc(F)cc3)cc2c1C. The number of fused-ring (bicyclic) bond motifs is 1. The number of benzene rings is 2. The summed E-state index contributed by atoms with van der Waals surface area (Å²) in [4.78, 5) is 11.8. The molecule has 0 amide bonds. The number of ether oxygens (including phenoxy) is 1. The molecule has 0 spiro atoms. The Morgan fingerprint density at radius 1 is 1.19 bits per heavy atom. The number of sulfonamides is 1. The molecule has 8 heteroatoms. The fourth-order valence-electron chi connectivity index (χ4n) is 2.50. The lowest BCUT2D eigenvalue weighted by atomic mass is 10.1. The van der Waals surface area contributed by atoms with E-state index in [4.69, 9.17) is 9.15 Å². The summed E-state index contributed by atoms with van der Waals surface area (Å²) in [7, 11) is -3.87. The van der Waals surface area contributed by atoms with Gasteiger partial charge in [0, 0.05) is 16.6 Å². The zero-order chi connectivity index (χ0) is 18.9. The van der Waals surface area contributed by atoms with Gasteiger partial charge in [0.25, 0.3) is 10.0 Å². The summed E-state index contributed by atoms with van der Waals surface area (Å²) in [6.07, 6.45) is 0. The number of esters is 1. The summed E-state index contributed by atoms with van der Waals surface area (Å²) in [5.41, 5.74) is 1.29. The van der Waals surface area contributed by atoms with Crippen LogP contribution >= 0.6 is 0 Å². The van der Waals surface area contributed by atoms with Gasteiger partial charge in [-0.3, -0.25) is 4.72 Å². The largest absolute Gasteiger partial charge is 0.460 e. The molecule has 0 saturated heterocycles. The highest BCUT2D eigenvalue weighted by Gasteiger charge is 2.20. The number of hydrogen-bond acceptors (Lipinski definition) is 5. The number of halogens is 1. The molecular weight excluding hydrogens is 361 g/mol. The molecule has 0 unspecified atom stereocenters. The quantitative estimate of drug-likeness (QED) is 0.683. The summed E-state index contributed by atoms with van der Waals surface area (Å²) in [5, 5.41) is 0.590. The molecular formula is C18H16FNO5S. The maximum absolute atomic E-state index is 13.0. The molecule has 6 nitrogen and oxygen atoms in total. The molecule has 2 aromatic carbocycles. The molecule has 1 heterocycles. The fourth-order valence-corrected chi connectivity index (χ4v) is 3.55. The van der Waals surface area contributed by atoms with Crippen LogP contribution in [0.1, 0.15) is 23.0 Å². The predicted molar refractivity (Wildman–Crippen MR) is 94.1 cm³/mol. The molecule has 0 aliphatic heterocycles. The average molecular weight is 377 g/mol. The van der Waals surface area contributed by atoms with Gasteiger partial charge in [0.2, 0.25) is 5.76 Å². The van der Waals surface area contributed by atoms with Gasteiger partial charge in [-0.1, -0.05) is 0 Å². The van der Waals surface area contributed by atoms with Crippen molar-refractivity contribution < 1.29 is 26.8 Å². The van der Waals surface area contributed by atoms with E-state index < -0.39 is 21.8 Å². The predicted octanol–water partition coefficient (Wildman–Crippen LogP) is 3.86. The van der Waals surface area contributed by atoms with Gasteiger partial charge >= 0.3 is 5.97 Å². The van der Waals surface area contributed by atoms with Gasteiger partial charge in [-0.2, -0.15) is 0 Å². The number of carbonyl (C=O) groups excluding carboxylic acids is 1. The molecule has 0 saturated carbocycles. The maximum atomic E-state index is 13.0. The van der Waals surface area contributed by atoms with Crippen LogP contribution in [0.3, 0.4) is 0 Å². The normalized spacial score (nSPS) is 11.5. The van der Waals surface area contributed by atoms with Crippen LogP contribution in [-0.4, -0.2) is 21.0 Å². The van der Waals surface area contributed by atoms with Crippen LogP contribution in [0.2, 0.25) is 0 Å². The van der Waals surface area contributed by atoms with Crippen LogP contribution in [0.25, 0.3) is 11.0 Å². The Hall–Kier alpha value is -2.87. The van der Waals surface area contributed by atoms with Crippen LogP contribution in [0.4, 0.5) is 10.1 Å². The van der Waals surface area contributed by atoms with Gasteiger partial charge in [0.05, 0.1) is 11.5 Å². The third-order valence-corrected chi connectivity index (χ3v) is 5.17.